The minimum absolute atomic E-state index is 0.311. The minimum Gasteiger partial charge on any atom is -0.316 e. The second-order valence-electron chi connectivity index (χ2n) is 2.90. The first kappa shape index (κ1) is 7.56. The zero-order valence-electron chi connectivity index (χ0n) is 6.43. The van der Waals surface area contributed by atoms with Crippen LogP contribution in [0.4, 0.5) is 0 Å². The maximum absolute atomic E-state index is 8.71. The van der Waals surface area contributed by atoms with E-state index in [0.717, 1.165) is 25.9 Å². The van der Waals surface area contributed by atoms with Gasteiger partial charge in [-0.3, -0.25) is 0 Å². The van der Waals surface area contributed by atoms with Gasteiger partial charge in [-0.1, -0.05) is 13.3 Å². The number of piperidine rings is 1. The molecule has 1 saturated heterocycles. The number of hydrogen-bond donors (Lipinski definition) is 1. The lowest BCUT2D eigenvalue weighted by Gasteiger charge is -2.26. The van der Waals surface area contributed by atoms with E-state index in [-0.39, 0.29) is 0 Å². The molecule has 1 N–H and O–H groups in total. The van der Waals surface area contributed by atoms with Gasteiger partial charge in [0, 0.05) is 0 Å². The minimum atomic E-state index is 0.311. The van der Waals surface area contributed by atoms with Crippen molar-refractivity contribution in [2.45, 2.75) is 19.8 Å². The van der Waals surface area contributed by atoms with Crippen LogP contribution in [0.1, 0.15) is 19.8 Å². The van der Waals surface area contributed by atoms with Crippen LogP contribution in [0.25, 0.3) is 0 Å². The zero-order chi connectivity index (χ0) is 7.40. The predicted octanol–water partition coefficient (Wildman–Crippen LogP) is 1.15. The Hall–Kier alpha value is -0.550. The molecule has 0 radical (unpaired) electrons. The van der Waals surface area contributed by atoms with Crippen molar-refractivity contribution in [3.8, 4) is 6.07 Å². The summed E-state index contributed by atoms with van der Waals surface area (Å²) in [7, 11) is 0. The Balaban J connectivity index is 2.44. The topological polar surface area (TPSA) is 35.8 Å². The lowest BCUT2D eigenvalue weighted by atomic mass is 9.86. The van der Waals surface area contributed by atoms with Crippen LogP contribution in [0, 0.1) is 23.2 Å². The van der Waals surface area contributed by atoms with E-state index >= 15 is 0 Å². The van der Waals surface area contributed by atoms with Crippen LogP contribution in [0.3, 0.4) is 0 Å². The van der Waals surface area contributed by atoms with E-state index in [1.807, 2.05) is 0 Å². The smallest absolute Gasteiger partial charge is 0.0659 e. The molecule has 1 aliphatic rings. The van der Waals surface area contributed by atoms with Crippen molar-refractivity contribution < 1.29 is 0 Å². The molecule has 1 rings (SSSR count). The van der Waals surface area contributed by atoms with Crippen LogP contribution in [0.5, 0.6) is 0 Å². The summed E-state index contributed by atoms with van der Waals surface area (Å²) >= 11 is 0. The predicted molar refractivity (Wildman–Crippen MR) is 40.4 cm³/mol. The molecule has 0 amide bonds. The molecule has 1 aliphatic heterocycles. The molecule has 2 heteroatoms. The number of rotatable bonds is 1. The van der Waals surface area contributed by atoms with Gasteiger partial charge in [-0.25, -0.2) is 0 Å². The highest BCUT2D eigenvalue weighted by molar-refractivity contribution is 4.91. The van der Waals surface area contributed by atoms with Gasteiger partial charge in [0.15, 0.2) is 0 Å². The molecule has 0 bridgehead atoms. The van der Waals surface area contributed by atoms with E-state index in [2.05, 4.69) is 18.3 Å². The van der Waals surface area contributed by atoms with Crippen molar-refractivity contribution in [3.63, 3.8) is 0 Å². The third-order valence-electron chi connectivity index (χ3n) is 2.30. The molecule has 0 aromatic carbocycles. The summed E-state index contributed by atoms with van der Waals surface area (Å²) < 4.78 is 0. The van der Waals surface area contributed by atoms with E-state index < -0.39 is 0 Å². The van der Waals surface area contributed by atoms with E-state index in [9.17, 15) is 0 Å². The van der Waals surface area contributed by atoms with E-state index in [0.29, 0.717) is 11.8 Å². The van der Waals surface area contributed by atoms with Crippen molar-refractivity contribution in [2.24, 2.45) is 11.8 Å². The fourth-order valence-corrected chi connectivity index (χ4v) is 1.52. The van der Waals surface area contributed by atoms with Gasteiger partial charge in [0.25, 0.3) is 0 Å². The average molecular weight is 138 g/mol. The quantitative estimate of drug-likeness (QED) is 0.590. The normalized spacial score (nSPS) is 33.2. The number of hydrogen-bond acceptors (Lipinski definition) is 2. The summed E-state index contributed by atoms with van der Waals surface area (Å²) in [4.78, 5) is 0. The molecule has 1 heterocycles. The molecule has 0 aromatic rings. The maximum atomic E-state index is 8.71. The fraction of sp³-hybridized carbons (Fsp3) is 0.875. The molecule has 10 heavy (non-hydrogen) atoms. The second kappa shape index (κ2) is 3.58. The van der Waals surface area contributed by atoms with Crippen LogP contribution in [0.15, 0.2) is 0 Å². The highest BCUT2D eigenvalue weighted by Gasteiger charge is 2.22. The van der Waals surface area contributed by atoms with Gasteiger partial charge in [-0.2, -0.15) is 5.26 Å². The fourth-order valence-electron chi connectivity index (χ4n) is 1.52. The standard InChI is InChI=1S/C8H14N2/c1-2-7-6-10-4-3-8(7)5-9/h7-8,10H,2-4,6H2,1H3/t7-,8+/m0/s1. The summed E-state index contributed by atoms with van der Waals surface area (Å²) in [6.45, 7) is 4.21. The molecule has 2 nitrogen and oxygen atoms in total. The summed E-state index contributed by atoms with van der Waals surface area (Å²) in [5.74, 6) is 0.907. The second-order valence-corrected chi connectivity index (χ2v) is 2.90. The Labute approximate surface area is 62.2 Å². The Morgan fingerprint density at radius 3 is 3.00 bits per heavy atom. The summed E-state index contributed by atoms with van der Waals surface area (Å²) in [5.41, 5.74) is 0. The van der Waals surface area contributed by atoms with Gasteiger partial charge < -0.3 is 5.32 Å². The molecule has 2 atom stereocenters. The first-order chi connectivity index (χ1) is 4.88. The summed E-state index contributed by atoms with van der Waals surface area (Å²) in [6, 6.07) is 2.36. The van der Waals surface area contributed by atoms with Crippen LogP contribution in [-0.2, 0) is 0 Å². The molecule has 0 aliphatic carbocycles. The van der Waals surface area contributed by atoms with Gasteiger partial charge in [0.1, 0.15) is 0 Å². The van der Waals surface area contributed by atoms with Crippen LogP contribution >= 0.6 is 0 Å². The third-order valence-corrected chi connectivity index (χ3v) is 2.30. The Morgan fingerprint density at radius 1 is 1.70 bits per heavy atom. The molecule has 1 fully saturated rings. The maximum Gasteiger partial charge on any atom is 0.0659 e. The monoisotopic (exact) mass is 138 g/mol. The summed E-state index contributed by atoms with van der Waals surface area (Å²) in [5, 5.41) is 12.0. The summed E-state index contributed by atoms with van der Waals surface area (Å²) in [6.07, 6.45) is 2.17. The lowest BCUT2D eigenvalue weighted by molar-refractivity contribution is 0.301. The molecule has 0 unspecified atom stereocenters. The van der Waals surface area contributed by atoms with Gasteiger partial charge in [-0.15, -0.1) is 0 Å². The van der Waals surface area contributed by atoms with Gasteiger partial charge in [0.05, 0.1) is 12.0 Å². The van der Waals surface area contributed by atoms with Gasteiger partial charge in [0.2, 0.25) is 0 Å². The number of nitrogens with one attached hydrogen (secondary N) is 1. The average Bonchev–Trinajstić information content (AvgIpc) is 2.04. The number of nitriles is 1. The molecule has 0 saturated carbocycles. The van der Waals surface area contributed by atoms with Crippen LogP contribution in [-0.4, -0.2) is 13.1 Å². The van der Waals surface area contributed by atoms with E-state index in [4.69, 9.17) is 5.26 Å². The lowest BCUT2D eigenvalue weighted by Crippen LogP contribution is -2.35. The molecule has 0 spiro atoms. The van der Waals surface area contributed by atoms with Crippen LogP contribution in [0.2, 0.25) is 0 Å². The van der Waals surface area contributed by atoms with Gasteiger partial charge >= 0.3 is 0 Å². The van der Waals surface area contributed by atoms with E-state index in [1.165, 1.54) is 0 Å². The van der Waals surface area contributed by atoms with E-state index in [1.54, 1.807) is 0 Å². The SMILES string of the molecule is CC[C@H]1CNCC[C@@H]1C#N. The molecular formula is C8H14N2. The van der Waals surface area contributed by atoms with Crippen molar-refractivity contribution in [1.82, 2.24) is 5.32 Å². The third kappa shape index (κ3) is 1.48. The molecular weight excluding hydrogens is 124 g/mol. The first-order valence-electron chi connectivity index (χ1n) is 3.98. The molecule has 0 aromatic heterocycles. The Kier molecular flexibility index (Phi) is 2.70. The van der Waals surface area contributed by atoms with Crippen molar-refractivity contribution >= 4 is 0 Å². The Morgan fingerprint density at radius 2 is 2.50 bits per heavy atom. The first-order valence-corrected chi connectivity index (χ1v) is 3.98. The van der Waals surface area contributed by atoms with Crippen LogP contribution < -0.4 is 5.32 Å². The van der Waals surface area contributed by atoms with Crippen molar-refractivity contribution in [1.29, 1.82) is 5.26 Å². The Bertz CT molecular complexity index is 137. The zero-order valence-corrected chi connectivity index (χ0v) is 6.43. The molecule has 56 valence electrons. The highest BCUT2D eigenvalue weighted by Crippen LogP contribution is 2.20. The largest absolute Gasteiger partial charge is 0.316 e. The number of nitrogens with zero attached hydrogens (tertiary/aromatic N) is 1. The van der Waals surface area contributed by atoms with Gasteiger partial charge in [-0.05, 0) is 25.4 Å². The highest BCUT2D eigenvalue weighted by atomic mass is 14.9. The van der Waals surface area contributed by atoms with Crippen molar-refractivity contribution in [3.05, 3.63) is 0 Å². The van der Waals surface area contributed by atoms with Crippen molar-refractivity contribution in [2.75, 3.05) is 13.1 Å².